The normalized spacial score (nSPS) is 11.4. The Morgan fingerprint density at radius 1 is 1.05 bits per heavy atom. The van der Waals surface area contributed by atoms with Crippen molar-refractivity contribution in [2.75, 3.05) is 5.75 Å². The number of aryl methyl sites for hydroxylation is 2. The first-order valence-corrected chi connectivity index (χ1v) is 8.28. The number of benzene rings is 2. The van der Waals surface area contributed by atoms with Crippen molar-refractivity contribution >= 4 is 9.84 Å². The van der Waals surface area contributed by atoms with Crippen LogP contribution in [0.5, 0.6) is 17.2 Å². The second kappa shape index (κ2) is 5.77. The SMILES string of the molecule is CCS(=O)(=O)c1ccc(Oc2c(C)cccc2C)cc1[O]. The van der Waals surface area contributed by atoms with E-state index in [1.807, 2.05) is 32.0 Å². The third-order valence-electron chi connectivity index (χ3n) is 3.26. The average molecular weight is 305 g/mol. The van der Waals surface area contributed by atoms with Crippen LogP contribution >= 0.6 is 0 Å². The monoisotopic (exact) mass is 305 g/mol. The molecule has 0 bridgehead atoms. The van der Waals surface area contributed by atoms with Gasteiger partial charge in [-0.15, -0.1) is 0 Å². The van der Waals surface area contributed by atoms with Crippen molar-refractivity contribution < 1.29 is 18.3 Å². The molecule has 2 aromatic rings. The predicted molar refractivity (Wildman–Crippen MR) is 80.3 cm³/mol. The molecular weight excluding hydrogens is 288 g/mol. The van der Waals surface area contributed by atoms with Crippen LogP contribution in [0, 0.1) is 13.8 Å². The molecule has 0 aromatic heterocycles. The first-order chi connectivity index (χ1) is 9.85. The summed E-state index contributed by atoms with van der Waals surface area (Å²) in [6.07, 6.45) is 0. The fourth-order valence-corrected chi connectivity index (χ4v) is 2.99. The molecule has 4 nitrogen and oxygen atoms in total. The fraction of sp³-hybridized carbons (Fsp3) is 0.250. The Bertz CT molecular complexity index is 744. The Kier molecular flexibility index (Phi) is 4.23. The molecule has 0 saturated heterocycles. The van der Waals surface area contributed by atoms with Gasteiger partial charge < -0.3 is 4.74 Å². The molecule has 0 aliphatic carbocycles. The second-order valence-electron chi connectivity index (χ2n) is 4.83. The van der Waals surface area contributed by atoms with Gasteiger partial charge in [-0.2, -0.15) is 0 Å². The lowest BCUT2D eigenvalue weighted by Gasteiger charge is -2.12. The van der Waals surface area contributed by atoms with Crippen LogP contribution in [0.2, 0.25) is 0 Å². The maximum absolute atomic E-state index is 11.9. The number of para-hydroxylation sites is 1. The van der Waals surface area contributed by atoms with E-state index in [9.17, 15) is 13.5 Å². The molecule has 0 aliphatic heterocycles. The van der Waals surface area contributed by atoms with Gasteiger partial charge in [0, 0.05) is 6.07 Å². The summed E-state index contributed by atoms with van der Waals surface area (Å²) in [6.45, 7) is 5.34. The van der Waals surface area contributed by atoms with Crippen LogP contribution in [0.3, 0.4) is 0 Å². The minimum absolute atomic E-state index is 0.0979. The molecule has 0 fully saturated rings. The molecule has 2 aromatic carbocycles. The molecule has 0 saturated carbocycles. The highest BCUT2D eigenvalue weighted by molar-refractivity contribution is 7.91. The molecule has 2 rings (SSSR count). The zero-order valence-electron chi connectivity index (χ0n) is 12.2. The van der Waals surface area contributed by atoms with Crippen molar-refractivity contribution in [1.29, 1.82) is 0 Å². The van der Waals surface area contributed by atoms with Gasteiger partial charge in [-0.05, 0) is 37.1 Å². The number of hydrogen-bond acceptors (Lipinski definition) is 3. The first-order valence-electron chi connectivity index (χ1n) is 6.63. The van der Waals surface area contributed by atoms with Crippen molar-refractivity contribution in [3.63, 3.8) is 0 Å². The fourth-order valence-electron chi connectivity index (χ4n) is 2.04. The molecule has 0 unspecified atom stereocenters. The largest absolute Gasteiger partial charge is 0.457 e. The Morgan fingerprint density at radius 3 is 2.19 bits per heavy atom. The summed E-state index contributed by atoms with van der Waals surface area (Å²) in [4.78, 5) is -0.182. The minimum atomic E-state index is -3.50. The molecule has 0 amide bonds. The van der Waals surface area contributed by atoms with E-state index in [2.05, 4.69) is 0 Å². The smallest absolute Gasteiger partial charge is 0.200 e. The van der Waals surface area contributed by atoms with Crippen molar-refractivity contribution in [1.82, 2.24) is 0 Å². The van der Waals surface area contributed by atoms with E-state index in [1.54, 1.807) is 0 Å². The van der Waals surface area contributed by atoms with Crippen molar-refractivity contribution in [3.8, 4) is 17.2 Å². The number of rotatable bonds is 4. The van der Waals surface area contributed by atoms with E-state index < -0.39 is 15.6 Å². The van der Waals surface area contributed by atoms with E-state index in [-0.39, 0.29) is 10.6 Å². The van der Waals surface area contributed by atoms with Crippen LogP contribution in [0.4, 0.5) is 0 Å². The van der Waals surface area contributed by atoms with E-state index in [1.165, 1.54) is 25.1 Å². The zero-order chi connectivity index (χ0) is 15.6. The quantitative estimate of drug-likeness (QED) is 0.856. The zero-order valence-corrected chi connectivity index (χ0v) is 13.0. The topological polar surface area (TPSA) is 63.3 Å². The Morgan fingerprint density at radius 2 is 1.67 bits per heavy atom. The number of sulfone groups is 1. The van der Waals surface area contributed by atoms with Crippen molar-refractivity contribution in [2.24, 2.45) is 0 Å². The second-order valence-corrected chi connectivity index (χ2v) is 7.08. The average Bonchev–Trinajstić information content (AvgIpc) is 2.43. The maximum Gasteiger partial charge on any atom is 0.200 e. The van der Waals surface area contributed by atoms with Gasteiger partial charge in [0.05, 0.1) is 5.75 Å². The highest BCUT2D eigenvalue weighted by Crippen LogP contribution is 2.33. The van der Waals surface area contributed by atoms with Gasteiger partial charge in [0.15, 0.2) is 9.84 Å². The molecule has 0 aliphatic rings. The summed E-state index contributed by atoms with van der Waals surface area (Å²) in [5.41, 5.74) is 1.90. The molecule has 5 heteroatoms. The highest BCUT2D eigenvalue weighted by Gasteiger charge is 2.18. The lowest BCUT2D eigenvalue weighted by molar-refractivity contribution is 0.340. The number of ether oxygens (including phenoxy) is 1. The Balaban J connectivity index is 2.38. The van der Waals surface area contributed by atoms with E-state index in [0.29, 0.717) is 11.5 Å². The van der Waals surface area contributed by atoms with Crippen molar-refractivity contribution in [2.45, 2.75) is 25.7 Å². The van der Waals surface area contributed by atoms with Crippen LogP contribution < -0.4 is 4.74 Å². The van der Waals surface area contributed by atoms with E-state index in [0.717, 1.165) is 11.1 Å². The molecule has 111 valence electrons. The van der Waals surface area contributed by atoms with E-state index in [4.69, 9.17) is 4.74 Å². The molecule has 0 atom stereocenters. The van der Waals surface area contributed by atoms with Gasteiger partial charge in [0.2, 0.25) is 5.75 Å². The lowest BCUT2D eigenvalue weighted by Crippen LogP contribution is -2.03. The minimum Gasteiger partial charge on any atom is -0.457 e. The van der Waals surface area contributed by atoms with E-state index >= 15 is 0 Å². The summed E-state index contributed by atoms with van der Waals surface area (Å²) in [5.74, 6) is 0.385. The summed E-state index contributed by atoms with van der Waals surface area (Å²) >= 11 is 0. The van der Waals surface area contributed by atoms with Crippen LogP contribution in [-0.4, -0.2) is 14.2 Å². The van der Waals surface area contributed by atoms with Crippen LogP contribution in [-0.2, 0) is 14.9 Å². The van der Waals surface area contributed by atoms with Crippen LogP contribution in [0.25, 0.3) is 0 Å². The lowest BCUT2D eigenvalue weighted by atomic mass is 10.1. The van der Waals surface area contributed by atoms with Crippen LogP contribution in [0.15, 0.2) is 41.3 Å². The van der Waals surface area contributed by atoms with Gasteiger partial charge in [-0.25, -0.2) is 8.42 Å². The Labute approximate surface area is 124 Å². The van der Waals surface area contributed by atoms with Gasteiger partial charge in [0.25, 0.3) is 0 Å². The van der Waals surface area contributed by atoms with Gasteiger partial charge in [-0.3, -0.25) is 5.11 Å². The molecule has 1 radical (unpaired) electrons. The molecular formula is C16H17O4S. The Hall–Kier alpha value is -2.01. The molecule has 0 heterocycles. The molecule has 21 heavy (non-hydrogen) atoms. The van der Waals surface area contributed by atoms with Crippen molar-refractivity contribution in [3.05, 3.63) is 47.5 Å². The first kappa shape index (κ1) is 15.4. The summed E-state index contributed by atoms with van der Waals surface area (Å²) < 4.78 is 29.2. The van der Waals surface area contributed by atoms with Gasteiger partial charge >= 0.3 is 0 Å². The highest BCUT2D eigenvalue weighted by atomic mass is 32.2. The third kappa shape index (κ3) is 3.19. The summed E-state index contributed by atoms with van der Waals surface area (Å²) in [5, 5.41) is 11.9. The van der Waals surface area contributed by atoms with Gasteiger partial charge in [-0.1, -0.05) is 25.1 Å². The number of hydrogen-bond donors (Lipinski definition) is 0. The summed E-state index contributed by atoms with van der Waals surface area (Å²) in [7, 11) is -3.50. The van der Waals surface area contributed by atoms with Crippen LogP contribution in [0.1, 0.15) is 18.1 Å². The third-order valence-corrected chi connectivity index (χ3v) is 5.03. The summed E-state index contributed by atoms with van der Waals surface area (Å²) in [6, 6.07) is 9.79. The van der Waals surface area contributed by atoms with Gasteiger partial charge in [0.1, 0.15) is 16.4 Å². The molecule has 0 spiro atoms. The standard InChI is InChI=1S/C16H17O4S/c1-4-21(18,19)15-9-8-13(10-14(15)17)20-16-11(2)6-5-7-12(16)3/h5-10H,4H2,1-3H3. The maximum atomic E-state index is 11.9. The molecule has 0 N–H and O–H groups in total. The predicted octanol–water partition coefficient (Wildman–Crippen LogP) is 4.03.